The SMILES string of the molecule is CNN(CCCC1CCCOC1)C(=O)c1cccc(C(OCCNC(=O)O)c2ccccc2)c1. The minimum Gasteiger partial charge on any atom is -0.465 e. The Morgan fingerprint density at radius 2 is 1.97 bits per heavy atom. The van der Waals surface area contributed by atoms with E-state index in [1.807, 2.05) is 48.5 Å². The van der Waals surface area contributed by atoms with Crippen molar-refractivity contribution in [1.82, 2.24) is 15.8 Å². The van der Waals surface area contributed by atoms with Crippen LogP contribution in [0.15, 0.2) is 54.6 Å². The number of hydrogen-bond donors (Lipinski definition) is 3. The number of nitrogens with zero attached hydrogens (tertiary/aromatic N) is 1. The monoisotopic (exact) mass is 469 g/mol. The first-order valence-corrected chi connectivity index (χ1v) is 11.9. The standard InChI is InChI=1S/C26H35N3O5/c1-27-29(15-6-8-20-9-7-16-33-19-20)25(30)23-13-5-12-22(18-23)24(21-10-3-2-4-11-21)34-17-14-28-26(31)32/h2-5,10-13,18,20,24,27-28H,6-9,14-17,19H2,1H3,(H,31,32). The molecule has 0 bridgehead atoms. The van der Waals surface area contributed by atoms with Gasteiger partial charge < -0.3 is 19.9 Å². The summed E-state index contributed by atoms with van der Waals surface area (Å²) < 4.78 is 11.6. The van der Waals surface area contributed by atoms with Crippen molar-refractivity contribution in [2.45, 2.75) is 31.8 Å². The highest BCUT2D eigenvalue weighted by molar-refractivity contribution is 5.94. The van der Waals surface area contributed by atoms with E-state index in [-0.39, 0.29) is 19.1 Å². The van der Waals surface area contributed by atoms with Gasteiger partial charge in [-0.2, -0.15) is 0 Å². The average Bonchev–Trinajstić information content (AvgIpc) is 2.87. The zero-order valence-electron chi connectivity index (χ0n) is 19.7. The molecule has 8 nitrogen and oxygen atoms in total. The van der Waals surface area contributed by atoms with Crippen LogP contribution in [0.3, 0.4) is 0 Å². The van der Waals surface area contributed by atoms with Crippen LogP contribution in [0.2, 0.25) is 0 Å². The molecule has 2 atom stereocenters. The molecule has 34 heavy (non-hydrogen) atoms. The minimum absolute atomic E-state index is 0.0939. The maximum Gasteiger partial charge on any atom is 0.404 e. The molecule has 3 rings (SSSR count). The maximum atomic E-state index is 13.2. The fraction of sp³-hybridized carbons (Fsp3) is 0.462. The maximum absolute atomic E-state index is 13.2. The van der Waals surface area contributed by atoms with Crippen molar-refractivity contribution in [3.05, 3.63) is 71.3 Å². The Morgan fingerprint density at radius 3 is 2.68 bits per heavy atom. The molecule has 0 spiro atoms. The summed E-state index contributed by atoms with van der Waals surface area (Å²) >= 11 is 0. The molecule has 2 unspecified atom stereocenters. The molecular formula is C26H35N3O5. The third-order valence-electron chi connectivity index (χ3n) is 5.97. The molecule has 0 aromatic heterocycles. The van der Waals surface area contributed by atoms with Gasteiger partial charge in [-0.05, 0) is 54.9 Å². The smallest absolute Gasteiger partial charge is 0.404 e. The Hall–Kier alpha value is -2.94. The molecule has 184 valence electrons. The molecule has 1 aliphatic heterocycles. The van der Waals surface area contributed by atoms with Gasteiger partial charge in [0.05, 0.1) is 6.61 Å². The number of nitrogens with one attached hydrogen (secondary N) is 2. The summed E-state index contributed by atoms with van der Waals surface area (Å²) in [5.74, 6) is 0.480. The minimum atomic E-state index is -1.09. The van der Waals surface area contributed by atoms with Gasteiger partial charge in [0, 0.05) is 38.9 Å². The lowest BCUT2D eigenvalue weighted by Gasteiger charge is -2.25. The van der Waals surface area contributed by atoms with Crippen molar-refractivity contribution in [3.63, 3.8) is 0 Å². The van der Waals surface area contributed by atoms with E-state index in [9.17, 15) is 9.59 Å². The van der Waals surface area contributed by atoms with Crippen LogP contribution in [0.25, 0.3) is 0 Å². The molecule has 1 saturated heterocycles. The second kappa shape index (κ2) is 13.7. The van der Waals surface area contributed by atoms with E-state index in [2.05, 4.69) is 10.7 Å². The van der Waals surface area contributed by atoms with E-state index in [1.165, 1.54) is 6.42 Å². The molecule has 1 aliphatic rings. The van der Waals surface area contributed by atoms with E-state index in [0.29, 0.717) is 18.0 Å². The molecule has 2 aromatic carbocycles. The van der Waals surface area contributed by atoms with E-state index in [4.69, 9.17) is 14.6 Å². The number of rotatable bonds is 12. The highest BCUT2D eigenvalue weighted by Crippen LogP contribution is 2.27. The lowest BCUT2D eigenvalue weighted by Crippen LogP contribution is -2.41. The largest absolute Gasteiger partial charge is 0.465 e. The molecule has 2 amide bonds. The summed E-state index contributed by atoms with van der Waals surface area (Å²) in [4.78, 5) is 24.0. The summed E-state index contributed by atoms with van der Waals surface area (Å²) in [6.45, 7) is 2.68. The summed E-state index contributed by atoms with van der Waals surface area (Å²) in [6, 6.07) is 17.1. The fourth-order valence-electron chi connectivity index (χ4n) is 4.23. The molecule has 3 N–H and O–H groups in total. The predicted molar refractivity (Wildman–Crippen MR) is 130 cm³/mol. The quantitative estimate of drug-likeness (QED) is 0.323. The van der Waals surface area contributed by atoms with Gasteiger partial charge in [0.2, 0.25) is 0 Å². The molecule has 0 radical (unpaired) electrons. The first-order valence-electron chi connectivity index (χ1n) is 11.9. The predicted octanol–water partition coefficient (Wildman–Crippen LogP) is 3.84. The molecule has 0 aliphatic carbocycles. The van der Waals surface area contributed by atoms with Crippen LogP contribution >= 0.6 is 0 Å². The molecular weight excluding hydrogens is 434 g/mol. The summed E-state index contributed by atoms with van der Waals surface area (Å²) in [5.41, 5.74) is 5.37. The van der Waals surface area contributed by atoms with Crippen molar-refractivity contribution in [3.8, 4) is 0 Å². The van der Waals surface area contributed by atoms with E-state index < -0.39 is 12.2 Å². The number of hydrogen-bond acceptors (Lipinski definition) is 5. The number of benzene rings is 2. The van der Waals surface area contributed by atoms with E-state index in [1.54, 1.807) is 18.1 Å². The Kier molecular flexibility index (Phi) is 10.3. The lowest BCUT2D eigenvalue weighted by atomic mass is 9.97. The van der Waals surface area contributed by atoms with Crippen LogP contribution in [0.4, 0.5) is 4.79 Å². The van der Waals surface area contributed by atoms with Gasteiger partial charge >= 0.3 is 6.09 Å². The number of ether oxygens (including phenoxy) is 2. The molecule has 1 heterocycles. The normalized spacial score (nSPS) is 16.6. The number of amides is 2. The highest BCUT2D eigenvalue weighted by atomic mass is 16.5. The van der Waals surface area contributed by atoms with Gasteiger partial charge in [0.15, 0.2) is 0 Å². The van der Waals surface area contributed by atoms with Crippen molar-refractivity contribution >= 4 is 12.0 Å². The topological polar surface area (TPSA) is 100 Å². The average molecular weight is 470 g/mol. The third-order valence-corrected chi connectivity index (χ3v) is 5.97. The van der Waals surface area contributed by atoms with Crippen LogP contribution in [-0.4, -0.2) is 62.1 Å². The van der Waals surface area contributed by atoms with Crippen molar-refractivity contribution in [2.24, 2.45) is 5.92 Å². The Labute approximate surface area is 201 Å². The van der Waals surface area contributed by atoms with Gasteiger partial charge in [-0.1, -0.05) is 42.5 Å². The summed E-state index contributed by atoms with van der Waals surface area (Å²) in [5, 5.41) is 12.8. The summed E-state index contributed by atoms with van der Waals surface area (Å²) in [6.07, 6.45) is 2.75. The Balaban J connectivity index is 1.67. The van der Waals surface area contributed by atoms with Crippen molar-refractivity contribution < 1.29 is 24.2 Å². The van der Waals surface area contributed by atoms with E-state index >= 15 is 0 Å². The number of hydrazine groups is 1. The van der Waals surface area contributed by atoms with E-state index in [0.717, 1.165) is 43.6 Å². The molecule has 1 fully saturated rings. The Morgan fingerprint density at radius 1 is 1.18 bits per heavy atom. The van der Waals surface area contributed by atoms with Gasteiger partial charge in [0.1, 0.15) is 6.10 Å². The zero-order valence-corrected chi connectivity index (χ0v) is 19.7. The van der Waals surface area contributed by atoms with Crippen LogP contribution in [0, 0.1) is 5.92 Å². The van der Waals surface area contributed by atoms with Crippen molar-refractivity contribution in [2.75, 3.05) is 40.0 Å². The highest BCUT2D eigenvalue weighted by Gasteiger charge is 2.20. The first-order chi connectivity index (χ1) is 16.6. The molecule has 0 saturated carbocycles. The number of carbonyl (C=O) groups excluding carboxylic acids is 1. The van der Waals surface area contributed by atoms with Crippen LogP contribution in [-0.2, 0) is 9.47 Å². The number of carbonyl (C=O) groups is 2. The first kappa shape index (κ1) is 25.7. The summed E-state index contributed by atoms with van der Waals surface area (Å²) in [7, 11) is 1.76. The van der Waals surface area contributed by atoms with Crippen LogP contribution in [0.1, 0.15) is 53.3 Å². The van der Waals surface area contributed by atoms with Gasteiger partial charge in [-0.25, -0.2) is 10.2 Å². The van der Waals surface area contributed by atoms with Gasteiger partial charge in [0.25, 0.3) is 5.91 Å². The van der Waals surface area contributed by atoms with Gasteiger partial charge in [-0.15, -0.1) is 0 Å². The number of carboxylic acid groups (broad SMARTS) is 1. The molecule has 8 heteroatoms. The van der Waals surface area contributed by atoms with Crippen LogP contribution < -0.4 is 10.7 Å². The lowest BCUT2D eigenvalue weighted by molar-refractivity contribution is 0.0476. The third kappa shape index (κ3) is 7.83. The Bertz CT molecular complexity index is 902. The second-order valence-corrected chi connectivity index (χ2v) is 8.42. The van der Waals surface area contributed by atoms with Crippen LogP contribution in [0.5, 0.6) is 0 Å². The van der Waals surface area contributed by atoms with Crippen molar-refractivity contribution in [1.29, 1.82) is 0 Å². The second-order valence-electron chi connectivity index (χ2n) is 8.42. The fourth-order valence-corrected chi connectivity index (χ4v) is 4.23. The zero-order chi connectivity index (χ0) is 24.2. The molecule has 2 aromatic rings. The van der Waals surface area contributed by atoms with Gasteiger partial charge in [-0.3, -0.25) is 9.80 Å².